The molecule has 0 saturated heterocycles. The van der Waals surface area contributed by atoms with Crippen molar-refractivity contribution < 1.29 is 14.4 Å². The molecule has 0 aliphatic carbocycles. The van der Waals surface area contributed by atoms with Crippen LogP contribution in [0.5, 0.6) is 5.75 Å². The summed E-state index contributed by atoms with van der Waals surface area (Å²) in [7, 11) is 1.54. The highest BCUT2D eigenvalue weighted by molar-refractivity contribution is 6.06. The number of allylic oxidation sites excluding steroid dienone is 1. The average molecular weight is 283 g/mol. The van der Waals surface area contributed by atoms with Crippen LogP contribution in [-0.2, 0) is 11.4 Å². The second-order valence-electron chi connectivity index (χ2n) is 4.29. The number of carbonyl (C=O) groups excluding carboxylic acids is 1. The summed E-state index contributed by atoms with van der Waals surface area (Å²) in [5, 5.41) is 0. The van der Waals surface area contributed by atoms with Crippen LogP contribution in [0, 0.1) is 0 Å². The smallest absolute Gasteiger partial charge is 0.191 e. The molecule has 0 aliphatic heterocycles. The van der Waals surface area contributed by atoms with Crippen LogP contribution >= 0.6 is 0 Å². The Morgan fingerprint density at radius 1 is 1.10 bits per heavy atom. The first-order valence-corrected chi connectivity index (χ1v) is 6.56. The molecule has 0 radical (unpaired) electrons. The first-order valence-electron chi connectivity index (χ1n) is 6.56. The maximum atomic E-state index is 12.0. The molecule has 21 heavy (non-hydrogen) atoms. The molecule has 0 unspecified atom stereocenters. The van der Waals surface area contributed by atoms with Gasteiger partial charge in [0.2, 0.25) is 0 Å². The number of carbonyl (C=O) groups is 1. The second-order valence-corrected chi connectivity index (χ2v) is 4.29. The lowest BCUT2D eigenvalue weighted by atomic mass is 10.1. The molecule has 2 aromatic carbocycles. The summed E-state index contributed by atoms with van der Waals surface area (Å²) >= 11 is 0. The number of hydroxylamine groups is 1. The molecule has 0 atom stereocenters. The number of hydrogen-bond donors (Lipinski definition) is 1. The molecule has 1 N–H and O–H groups in total. The average Bonchev–Trinajstić information content (AvgIpc) is 2.55. The van der Waals surface area contributed by atoms with E-state index in [2.05, 4.69) is 5.48 Å². The van der Waals surface area contributed by atoms with E-state index in [4.69, 9.17) is 9.57 Å². The Morgan fingerprint density at radius 2 is 1.81 bits per heavy atom. The van der Waals surface area contributed by atoms with Gasteiger partial charge < -0.3 is 4.74 Å². The zero-order valence-electron chi connectivity index (χ0n) is 11.8. The third-order valence-corrected chi connectivity index (χ3v) is 2.84. The normalized spacial score (nSPS) is 10.5. The maximum absolute atomic E-state index is 12.0. The third-order valence-electron chi connectivity index (χ3n) is 2.84. The van der Waals surface area contributed by atoms with Gasteiger partial charge in [-0.25, -0.2) is 0 Å². The van der Waals surface area contributed by atoms with Gasteiger partial charge in [0.1, 0.15) is 5.75 Å². The molecule has 0 fully saturated rings. The highest BCUT2D eigenvalue weighted by Gasteiger charge is 2.07. The van der Waals surface area contributed by atoms with E-state index in [1.54, 1.807) is 18.2 Å². The van der Waals surface area contributed by atoms with E-state index in [-0.39, 0.29) is 5.78 Å². The molecule has 0 amide bonds. The summed E-state index contributed by atoms with van der Waals surface area (Å²) in [5.41, 5.74) is 4.20. The van der Waals surface area contributed by atoms with Crippen LogP contribution in [-0.4, -0.2) is 12.9 Å². The Balaban J connectivity index is 1.83. The number of ether oxygens (including phenoxy) is 1. The summed E-state index contributed by atoms with van der Waals surface area (Å²) in [6.07, 6.45) is 2.88. The Kier molecular flexibility index (Phi) is 5.55. The van der Waals surface area contributed by atoms with Gasteiger partial charge in [-0.3, -0.25) is 15.1 Å². The summed E-state index contributed by atoms with van der Waals surface area (Å²) < 4.78 is 5.15. The molecule has 108 valence electrons. The van der Waals surface area contributed by atoms with E-state index in [0.717, 1.165) is 5.56 Å². The molecule has 0 heterocycles. The Bertz CT molecular complexity index is 608. The SMILES string of the molecule is COc1ccccc1C(=O)/C=C\NOCc1ccccc1. The van der Waals surface area contributed by atoms with Crippen molar-refractivity contribution in [2.45, 2.75) is 6.61 Å². The molecule has 4 nitrogen and oxygen atoms in total. The van der Waals surface area contributed by atoms with E-state index < -0.39 is 0 Å². The van der Waals surface area contributed by atoms with Gasteiger partial charge >= 0.3 is 0 Å². The molecule has 0 spiro atoms. The molecule has 2 aromatic rings. The Morgan fingerprint density at radius 3 is 2.57 bits per heavy atom. The molecule has 4 heteroatoms. The number of methoxy groups -OCH3 is 1. The van der Waals surface area contributed by atoms with Crippen LogP contribution in [0.1, 0.15) is 15.9 Å². The van der Waals surface area contributed by atoms with Crippen molar-refractivity contribution in [3.63, 3.8) is 0 Å². The van der Waals surface area contributed by atoms with E-state index in [1.807, 2.05) is 36.4 Å². The summed E-state index contributed by atoms with van der Waals surface area (Å²) in [4.78, 5) is 17.2. The zero-order chi connectivity index (χ0) is 14.9. The summed E-state index contributed by atoms with van der Waals surface area (Å²) in [5.74, 6) is 0.403. The molecule has 0 bridgehead atoms. The number of para-hydroxylation sites is 1. The van der Waals surface area contributed by atoms with Crippen LogP contribution in [0.15, 0.2) is 66.9 Å². The van der Waals surface area contributed by atoms with Gasteiger partial charge in [-0.15, -0.1) is 0 Å². The monoisotopic (exact) mass is 283 g/mol. The molecule has 0 aliphatic rings. The van der Waals surface area contributed by atoms with Crippen molar-refractivity contribution in [2.24, 2.45) is 0 Å². The van der Waals surface area contributed by atoms with E-state index in [1.165, 1.54) is 19.4 Å². The van der Waals surface area contributed by atoms with Gasteiger partial charge in [0.25, 0.3) is 0 Å². The molecule has 0 saturated carbocycles. The lowest BCUT2D eigenvalue weighted by Gasteiger charge is -2.05. The minimum atomic E-state index is -0.150. The first-order chi connectivity index (χ1) is 10.3. The standard InChI is InChI=1S/C17H17NO3/c1-20-17-10-6-5-9-15(17)16(19)11-12-18-21-13-14-7-3-2-4-8-14/h2-12,18H,13H2,1H3/b12-11-. The van der Waals surface area contributed by atoms with Crippen LogP contribution in [0.2, 0.25) is 0 Å². The topological polar surface area (TPSA) is 47.6 Å². The summed E-state index contributed by atoms with van der Waals surface area (Å²) in [6.45, 7) is 0.425. The molecular formula is C17H17NO3. The fourth-order valence-electron chi connectivity index (χ4n) is 1.80. The lowest BCUT2D eigenvalue weighted by molar-refractivity contribution is 0.0572. The minimum Gasteiger partial charge on any atom is -0.496 e. The molecule has 2 rings (SSSR count). The quantitative estimate of drug-likeness (QED) is 0.367. The van der Waals surface area contributed by atoms with Crippen molar-refractivity contribution in [1.29, 1.82) is 0 Å². The van der Waals surface area contributed by atoms with Gasteiger partial charge in [0.05, 0.1) is 19.3 Å². The van der Waals surface area contributed by atoms with Gasteiger partial charge in [-0.2, -0.15) is 0 Å². The number of hydrogen-bond acceptors (Lipinski definition) is 4. The van der Waals surface area contributed by atoms with Crippen molar-refractivity contribution >= 4 is 5.78 Å². The van der Waals surface area contributed by atoms with Crippen LogP contribution in [0.3, 0.4) is 0 Å². The first kappa shape index (κ1) is 14.8. The highest BCUT2D eigenvalue weighted by atomic mass is 16.6. The predicted octanol–water partition coefficient (Wildman–Crippen LogP) is 3.11. The number of ketones is 1. The predicted molar refractivity (Wildman–Crippen MR) is 80.8 cm³/mol. The summed E-state index contributed by atoms with van der Waals surface area (Å²) in [6, 6.07) is 16.8. The van der Waals surface area contributed by atoms with Crippen molar-refractivity contribution in [3.8, 4) is 5.75 Å². The van der Waals surface area contributed by atoms with Gasteiger partial charge in [-0.05, 0) is 17.7 Å². The Labute approximate surface area is 124 Å². The van der Waals surface area contributed by atoms with Crippen molar-refractivity contribution in [2.75, 3.05) is 7.11 Å². The largest absolute Gasteiger partial charge is 0.496 e. The van der Waals surface area contributed by atoms with E-state index >= 15 is 0 Å². The van der Waals surface area contributed by atoms with Gasteiger partial charge in [-0.1, -0.05) is 42.5 Å². The molecule has 0 aromatic heterocycles. The van der Waals surface area contributed by atoms with E-state index in [9.17, 15) is 4.79 Å². The number of nitrogens with one attached hydrogen (secondary N) is 1. The maximum Gasteiger partial charge on any atom is 0.191 e. The number of benzene rings is 2. The Hall–Kier alpha value is -2.59. The zero-order valence-corrected chi connectivity index (χ0v) is 11.8. The fraction of sp³-hybridized carbons (Fsp3) is 0.118. The van der Waals surface area contributed by atoms with Gasteiger partial charge in [0.15, 0.2) is 5.78 Å². The minimum absolute atomic E-state index is 0.150. The lowest BCUT2D eigenvalue weighted by Crippen LogP contribution is -2.07. The van der Waals surface area contributed by atoms with Crippen molar-refractivity contribution in [3.05, 3.63) is 78.0 Å². The fourth-order valence-corrected chi connectivity index (χ4v) is 1.80. The highest BCUT2D eigenvalue weighted by Crippen LogP contribution is 2.17. The van der Waals surface area contributed by atoms with Crippen LogP contribution in [0.4, 0.5) is 0 Å². The third kappa shape index (κ3) is 4.47. The molecular weight excluding hydrogens is 266 g/mol. The number of rotatable bonds is 7. The van der Waals surface area contributed by atoms with Crippen molar-refractivity contribution in [1.82, 2.24) is 5.48 Å². The van der Waals surface area contributed by atoms with Crippen LogP contribution < -0.4 is 10.2 Å². The second kappa shape index (κ2) is 7.87. The van der Waals surface area contributed by atoms with E-state index in [0.29, 0.717) is 17.9 Å². The van der Waals surface area contributed by atoms with Gasteiger partial charge in [0, 0.05) is 12.3 Å². The van der Waals surface area contributed by atoms with Crippen LogP contribution in [0.25, 0.3) is 0 Å².